The van der Waals surface area contributed by atoms with Crippen molar-refractivity contribution in [1.82, 2.24) is 15.8 Å². The van der Waals surface area contributed by atoms with Crippen LogP contribution in [0.25, 0.3) is 17.4 Å². The Labute approximate surface area is 204 Å². The van der Waals surface area contributed by atoms with E-state index in [9.17, 15) is 19.5 Å². The van der Waals surface area contributed by atoms with E-state index in [1.54, 1.807) is 18.2 Å². The van der Waals surface area contributed by atoms with Crippen LogP contribution in [-0.4, -0.2) is 38.4 Å². The standard InChI is InChI=1S/C22H20ClN3O5S2/c23-16-8-6-12(10-15(16)20(28)29)17-9-7-14(31-17)11-18-19(27)26(22(32)33-18)25-21(30)24-13-4-2-1-3-5-13/h6-11,13H,1-5H2,(H,28,29)(H2,24,25,30)/b18-11-. The van der Waals surface area contributed by atoms with E-state index in [-0.39, 0.29) is 20.9 Å². The van der Waals surface area contributed by atoms with Crippen molar-refractivity contribution in [1.29, 1.82) is 0 Å². The number of carbonyl (C=O) groups is 3. The van der Waals surface area contributed by atoms with Crippen molar-refractivity contribution < 1.29 is 23.9 Å². The molecule has 0 radical (unpaired) electrons. The number of thioether (sulfide) groups is 1. The minimum absolute atomic E-state index is 0.0365. The number of benzene rings is 1. The maximum absolute atomic E-state index is 12.8. The molecule has 33 heavy (non-hydrogen) atoms. The number of aromatic carboxylic acids is 1. The third kappa shape index (κ3) is 5.40. The lowest BCUT2D eigenvalue weighted by atomic mass is 9.96. The van der Waals surface area contributed by atoms with Crippen molar-refractivity contribution in [3.05, 3.63) is 51.6 Å². The fourth-order valence-corrected chi connectivity index (χ4v) is 5.05. The van der Waals surface area contributed by atoms with Crippen LogP contribution in [0.15, 0.2) is 39.7 Å². The molecule has 1 aliphatic heterocycles. The van der Waals surface area contributed by atoms with E-state index >= 15 is 0 Å². The maximum Gasteiger partial charge on any atom is 0.337 e. The number of carboxylic acid groups (broad SMARTS) is 1. The van der Waals surface area contributed by atoms with Crippen molar-refractivity contribution >= 4 is 63.9 Å². The number of hydrazine groups is 1. The van der Waals surface area contributed by atoms with Gasteiger partial charge in [0.05, 0.1) is 15.5 Å². The summed E-state index contributed by atoms with van der Waals surface area (Å²) in [6.45, 7) is 0. The summed E-state index contributed by atoms with van der Waals surface area (Å²) < 4.78 is 5.98. The normalized spacial score (nSPS) is 18.1. The molecule has 2 heterocycles. The first-order valence-corrected chi connectivity index (χ1v) is 11.9. The summed E-state index contributed by atoms with van der Waals surface area (Å²) in [6, 6.07) is 7.50. The lowest BCUT2D eigenvalue weighted by Crippen LogP contribution is -2.51. The third-order valence-electron chi connectivity index (χ3n) is 5.33. The number of thiocarbonyl (C=S) groups is 1. The van der Waals surface area contributed by atoms with Crippen LogP contribution in [-0.2, 0) is 4.79 Å². The van der Waals surface area contributed by atoms with Crippen molar-refractivity contribution in [2.45, 2.75) is 38.1 Å². The van der Waals surface area contributed by atoms with Gasteiger partial charge in [0, 0.05) is 17.7 Å². The Morgan fingerprint density at radius 3 is 2.70 bits per heavy atom. The molecule has 1 saturated carbocycles. The summed E-state index contributed by atoms with van der Waals surface area (Å²) in [5.74, 6) is -0.802. The molecule has 0 unspecified atom stereocenters. The van der Waals surface area contributed by atoms with Gasteiger partial charge in [-0.2, -0.15) is 5.01 Å². The van der Waals surface area contributed by atoms with Gasteiger partial charge in [0.1, 0.15) is 11.5 Å². The minimum atomic E-state index is -1.14. The highest BCUT2D eigenvalue weighted by molar-refractivity contribution is 8.26. The molecule has 1 aromatic carbocycles. The van der Waals surface area contributed by atoms with E-state index in [0.717, 1.165) is 42.5 Å². The van der Waals surface area contributed by atoms with Gasteiger partial charge in [-0.15, -0.1) is 0 Å². The summed E-state index contributed by atoms with van der Waals surface area (Å²) >= 11 is 12.2. The molecule has 3 N–H and O–H groups in total. The number of nitrogens with zero attached hydrogens (tertiary/aromatic N) is 1. The van der Waals surface area contributed by atoms with Crippen LogP contribution in [0.3, 0.4) is 0 Å². The highest BCUT2D eigenvalue weighted by Crippen LogP contribution is 2.33. The van der Waals surface area contributed by atoms with E-state index in [0.29, 0.717) is 22.0 Å². The summed E-state index contributed by atoms with van der Waals surface area (Å²) in [6.07, 6.45) is 6.70. The smallest absolute Gasteiger partial charge is 0.337 e. The van der Waals surface area contributed by atoms with Gasteiger partial charge < -0.3 is 14.8 Å². The van der Waals surface area contributed by atoms with Crippen molar-refractivity contribution in [3.8, 4) is 11.3 Å². The number of furan rings is 1. The Kier molecular flexibility index (Phi) is 7.06. The predicted molar refractivity (Wildman–Crippen MR) is 130 cm³/mol. The average molecular weight is 506 g/mol. The molecule has 1 aliphatic carbocycles. The zero-order chi connectivity index (χ0) is 23.5. The van der Waals surface area contributed by atoms with E-state index in [1.165, 1.54) is 24.6 Å². The Hall–Kier alpha value is -2.82. The quantitative estimate of drug-likeness (QED) is 0.385. The number of urea groups is 1. The molecule has 2 aliphatic rings. The largest absolute Gasteiger partial charge is 0.478 e. The van der Waals surface area contributed by atoms with Crippen LogP contribution >= 0.6 is 35.6 Å². The van der Waals surface area contributed by atoms with E-state index in [4.69, 9.17) is 28.2 Å². The fraction of sp³-hybridized carbons (Fsp3) is 0.273. The Morgan fingerprint density at radius 2 is 1.97 bits per heavy atom. The summed E-state index contributed by atoms with van der Waals surface area (Å²) in [4.78, 5) is 36.7. The second-order valence-electron chi connectivity index (χ2n) is 7.64. The number of hydrogen-bond acceptors (Lipinski definition) is 6. The zero-order valence-electron chi connectivity index (χ0n) is 17.3. The predicted octanol–water partition coefficient (Wildman–Crippen LogP) is 5.05. The lowest BCUT2D eigenvalue weighted by molar-refractivity contribution is -0.123. The molecular weight excluding hydrogens is 486 g/mol. The van der Waals surface area contributed by atoms with E-state index < -0.39 is 17.9 Å². The molecule has 11 heteroatoms. The number of carboxylic acids is 1. The SMILES string of the molecule is O=C(NC1CCCCC1)NN1C(=O)/C(=C/c2ccc(-c3ccc(Cl)c(C(=O)O)c3)o2)SC1=S. The molecular formula is C22H20ClN3O5S2. The number of carbonyl (C=O) groups excluding carboxylic acids is 2. The van der Waals surface area contributed by atoms with Crippen LogP contribution in [0.4, 0.5) is 4.79 Å². The summed E-state index contributed by atoms with van der Waals surface area (Å²) in [5.41, 5.74) is 3.02. The maximum atomic E-state index is 12.8. The Bertz CT molecular complexity index is 1160. The van der Waals surface area contributed by atoms with Crippen LogP contribution in [0.5, 0.6) is 0 Å². The molecule has 3 amide bonds. The number of amides is 3. The molecule has 0 bridgehead atoms. The Balaban J connectivity index is 1.45. The highest BCUT2D eigenvalue weighted by Gasteiger charge is 2.34. The van der Waals surface area contributed by atoms with Gasteiger partial charge in [-0.3, -0.25) is 4.79 Å². The second-order valence-corrected chi connectivity index (χ2v) is 9.72. The highest BCUT2D eigenvalue weighted by atomic mass is 35.5. The first kappa shape index (κ1) is 23.3. The third-order valence-corrected chi connectivity index (χ3v) is 6.96. The number of hydrogen-bond donors (Lipinski definition) is 3. The molecule has 8 nitrogen and oxygen atoms in total. The van der Waals surface area contributed by atoms with Crippen molar-refractivity contribution in [2.75, 3.05) is 0 Å². The molecule has 1 saturated heterocycles. The topological polar surface area (TPSA) is 112 Å². The summed E-state index contributed by atoms with van der Waals surface area (Å²) in [5, 5.41) is 13.3. The van der Waals surface area contributed by atoms with Gasteiger partial charge in [0.15, 0.2) is 4.32 Å². The van der Waals surface area contributed by atoms with Gasteiger partial charge >= 0.3 is 12.0 Å². The van der Waals surface area contributed by atoms with Crippen molar-refractivity contribution in [3.63, 3.8) is 0 Å². The molecule has 2 aromatic rings. The van der Waals surface area contributed by atoms with E-state index in [2.05, 4.69) is 10.7 Å². The number of nitrogens with one attached hydrogen (secondary N) is 2. The zero-order valence-corrected chi connectivity index (χ0v) is 19.7. The molecule has 4 rings (SSSR count). The van der Waals surface area contributed by atoms with Crippen LogP contribution in [0, 0.1) is 0 Å². The van der Waals surface area contributed by atoms with Gasteiger partial charge in [-0.1, -0.05) is 42.6 Å². The molecule has 2 fully saturated rings. The van der Waals surface area contributed by atoms with Gasteiger partial charge in [0.25, 0.3) is 5.91 Å². The van der Waals surface area contributed by atoms with E-state index in [1.807, 2.05) is 0 Å². The van der Waals surface area contributed by atoms with Crippen LogP contribution < -0.4 is 10.7 Å². The van der Waals surface area contributed by atoms with Crippen LogP contribution in [0.2, 0.25) is 5.02 Å². The number of halogens is 1. The first-order valence-electron chi connectivity index (χ1n) is 10.3. The minimum Gasteiger partial charge on any atom is -0.478 e. The molecule has 0 spiro atoms. The molecule has 1 aromatic heterocycles. The first-order chi connectivity index (χ1) is 15.8. The van der Waals surface area contributed by atoms with Gasteiger partial charge in [-0.25, -0.2) is 15.0 Å². The molecule has 0 atom stereocenters. The second kappa shape index (κ2) is 9.98. The van der Waals surface area contributed by atoms with Gasteiger partial charge in [0.2, 0.25) is 0 Å². The van der Waals surface area contributed by atoms with Crippen molar-refractivity contribution in [2.24, 2.45) is 0 Å². The molecule has 172 valence electrons. The fourth-order valence-electron chi connectivity index (χ4n) is 3.69. The number of rotatable bonds is 5. The monoisotopic (exact) mass is 505 g/mol. The summed E-state index contributed by atoms with van der Waals surface area (Å²) in [7, 11) is 0. The van der Waals surface area contributed by atoms with Gasteiger partial charge in [-0.05, 0) is 55.4 Å². The van der Waals surface area contributed by atoms with Crippen LogP contribution in [0.1, 0.15) is 48.2 Å². The lowest BCUT2D eigenvalue weighted by Gasteiger charge is -2.24. The average Bonchev–Trinajstić information content (AvgIpc) is 3.35. The Morgan fingerprint density at radius 1 is 1.21 bits per heavy atom.